The zero-order valence-electron chi connectivity index (χ0n) is 13.0. The molecular formula is C15H20FIN6. The molecule has 0 saturated heterocycles. The fraction of sp³-hybridized carbons (Fsp3) is 0.400. The van der Waals surface area contributed by atoms with Crippen LogP contribution in [0.3, 0.4) is 0 Å². The van der Waals surface area contributed by atoms with E-state index in [9.17, 15) is 4.39 Å². The molecule has 1 aliphatic carbocycles. The van der Waals surface area contributed by atoms with Crippen LogP contribution in [0.2, 0.25) is 0 Å². The summed E-state index contributed by atoms with van der Waals surface area (Å²) in [5.74, 6) is 1.57. The number of aliphatic imine (C=N–C) groups is 1. The molecule has 1 aliphatic rings. The lowest BCUT2D eigenvalue weighted by molar-refractivity contribution is 0.607. The molecule has 2 aromatic rings. The minimum absolute atomic E-state index is 0. The second kappa shape index (κ2) is 7.71. The molecule has 0 bridgehead atoms. The molecular weight excluding hydrogens is 410 g/mol. The fourth-order valence-corrected chi connectivity index (χ4v) is 2.49. The summed E-state index contributed by atoms with van der Waals surface area (Å²) in [6, 6.07) is 7.14. The number of benzene rings is 1. The van der Waals surface area contributed by atoms with E-state index in [1.165, 1.54) is 12.4 Å². The van der Waals surface area contributed by atoms with Gasteiger partial charge in [0.1, 0.15) is 18.0 Å². The highest BCUT2D eigenvalue weighted by Gasteiger charge is 2.40. The Hall–Kier alpha value is -1.71. The topological polar surface area (TPSA) is 67.1 Å². The molecule has 1 fully saturated rings. The van der Waals surface area contributed by atoms with E-state index >= 15 is 0 Å². The van der Waals surface area contributed by atoms with Crippen LogP contribution in [-0.2, 0) is 13.6 Å². The van der Waals surface area contributed by atoms with E-state index in [4.69, 9.17) is 0 Å². The maximum Gasteiger partial charge on any atom is 0.191 e. The van der Waals surface area contributed by atoms with Gasteiger partial charge in [0, 0.05) is 26.1 Å². The van der Waals surface area contributed by atoms with Crippen molar-refractivity contribution >= 4 is 29.9 Å². The van der Waals surface area contributed by atoms with Gasteiger partial charge in [0.15, 0.2) is 5.96 Å². The van der Waals surface area contributed by atoms with E-state index in [-0.39, 0.29) is 41.8 Å². The van der Waals surface area contributed by atoms with Crippen molar-refractivity contribution in [2.24, 2.45) is 12.0 Å². The van der Waals surface area contributed by atoms with Crippen LogP contribution >= 0.6 is 24.0 Å². The Kier molecular flexibility index (Phi) is 5.91. The zero-order chi connectivity index (χ0) is 15.5. The van der Waals surface area contributed by atoms with E-state index in [1.807, 2.05) is 19.2 Å². The Bertz CT molecular complexity index is 686. The average molecular weight is 430 g/mol. The average Bonchev–Trinajstić information content (AvgIpc) is 3.16. The number of rotatable bonds is 4. The normalized spacial score (nSPS) is 19.9. The van der Waals surface area contributed by atoms with Crippen LogP contribution in [-0.4, -0.2) is 33.8 Å². The summed E-state index contributed by atoms with van der Waals surface area (Å²) < 4.78 is 15.5. The van der Waals surface area contributed by atoms with Gasteiger partial charge in [0.05, 0.1) is 6.54 Å². The molecule has 124 valence electrons. The lowest BCUT2D eigenvalue weighted by Gasteiger charge is -2.11. The first-order valence-corrected chi connectivity index (χ1v) is 7.23. The molecule has 1 saturated carbocycles. The third kappa shape index (κ3) is 4.18. The van der Waals surface area contributed by atoms with Crippen LogP contribution in [0.4, 0.5) is 4.39 Å². The van der Waals surface area contributed by atoms with Crippen molar-refractivity contribution in [2.45, 2.75) is 24.9 Å². The first-order valence-electron chi connectivity index (χ1n) is 7.23. The van der Waals surface area contributed by atoms with E-state index in [2.05, 4.69) is 25.7 Å². The number of hydrogen-bond acceptors (Lipinski definition) is 3. The summed E-state index contributed by atoms with van der Waals surface area (Å²) >= 11 is 0. The molecule has 0 spiro atoms. The van der Waals surface area contributed by atoms with Gasteiger partial charge >= 0.3 is 0 Å². The quantitative estimate of drug-likeness (QED) is 0.441. The first kappa shape index (κ1) is 17.6. The van der Waals surface area contributed by atoms with Crippen LogP contribution in [0.25, 0.3) is 0 Å². The van der Waals surface area contributed by atoms with Gasteiger partial charge in [-0.15, -0.1) is 24.0 Å². The van der Waals surface area contributed by atoms with Crippen LogP contribution < -0.4 is 10.6 Å². The molecule has 1 heterocycles. The Balaban J connectivity index is 0.00000192. The number of nitrogens with one attached hydrogen (secondary N) is 2. The molecule has 0 aliphatic heterocycles. The number of aryl methyl sites for hydroxylation is 1. The van der Waals surface area contributed by atoms with Gasteiger partial charge < -0.3 is 10.6 Å². The lowest BCUT2D eigenvalue weighted by atomic mass is 10.1. The van der Waals surface area contributed by atoms with Gasteiger partial charge in [-0.05, 0) is 18.1 Å². The van der Waals surface area contributed by atoms with Gasteiger partial charge in [0.2, 0.25) is 0 Å². The van der Waals surface area contributed by atoms with Gasteiger partial charge in [-0.1, -0.05) is 18.2 Å². The van der Waals surface area contributed by atoms with Crippen molar-refractivity contribution in [1.29, 1.82) is 0 Å². The summed E-state index contributed by atoms with van der Waals surface area (Å²) in [5, 5.41) is 10.5. The maximum absolute atomic E-state index is 13.8. The van der Waals surface area contributed by atoms with Crippen LogP contribution in [0.1, 0.15) is 23.7 Å². The van der Waals surface area contributed by atoms with Crippen LogP contribution in [0.5, 0.6) is 0 Å². The number of hydrogen-bond donors (Lipinski definition) is 2. The minimum atomic E-state index is -0.140. The summed E-state index contributed by atoms with van der Waals surface area (Å²) in [6.07, 6.45) is 2.42. The monoisotopic (exact) mass is 430 g/mol. The van der Waals surface area contributed by atoms with Crippen molar-refractivity contribution in [1.82, 2.24) is 25.4 Å². The standard InChI is InChI=1S/C15H19FN6.HI/c1-17-15(18-8-14-19-9-20-22(14)2)21-13-7-11(13)10-5-3-4-6-12(10)16;/h3-6,9,11,13H,7-8H2,1-2H3,(H2,17,18,21);1H. The van der Waals surface area contributed by atoms with Crippen molar-refractivity contribution in [3.63, 3.8) is 0 Å². The van der Waals surface area contributed by atoms with E-state index < -0.39 is 0 Å². The summed E-state index contributed by atoms with van der Waals surface area (Å²) in [5.41, 5.74) is 0.767. The Morgan fingerprint density at radius 2 is 2.22 bits per heavy atom. The van der Waals surface area contributed by atoms with Gasteiger partial charge in [-0.25, -0.2) is 9.37 Å². The molecule has 2 N–H and O–H groups in total. The number of guanidine groups is 1. The largest absolute Gasteiger partial charge is 0.353 e. The third-order valence-electron chi connectivity index (χ3n) is 3.86. The molecule has 0 amide bonds. The summed E-state index contributed by atoms with van der Waals surface area (Å²) in [4.78, 5) is 8.34. The summed E-state index contributed by atoms with van der Waals surface area (Å²) in [7, 11) is 3.56. The second-order valence-electron chi connectivity index (χ2n) is 5.34. The molecule has 23 heavy (non-hydrogen) atoms. The van der Waals surface area contributed by atoms with Gasteiger partial charge in [0.25, 0.3) is 0 Å². The highest BCUT2D eigenvalue weighted by Crippen LogP contribution is 2.41. The number of aromatic nitrogens is 3. The van der Waals surface area contributed by atoms with Crippen molar-refractivity contribution in [3.05, 3.63) is 47.8 Å². The number of nitrogens with zero attached hydrogens (tertiary/aromatic N) is 4. The van der Waals surface area contributed by atoms with Crippen molar-refractivity contribution in [2.75, 3.05) is 7.05 Å². The fourth-order valence-electron chi connectivity index (χ4n) is 2.49. The highest BCUT2D eigenvalue weighted by molar-refractivity contribution is 14.0. The molecule has 1 aromatic carbocycles. The van der Waals surface area contributed by atoms with Gasteiger partial charge in [-0.3, -0.25) is 9.67 Å². The molecule has 8 heteroatoms. The highest BCUT2D eigenvalue weighted by atomic mass is 127. The summed E-state index contributed by atoms with van der Waals surface area (Å²) in [6.45, 7) is 0.535. The Morgan fingerprint density at radius 3 is 2.87 bits per heavy atom. The van der Waals surface area contributed by atoms with E-state index in [0.29, 0.717) is 12.5 Å². The first-order chi connectivity index (χ1) is 10.7. The number of halogens is 2. The van der Waals surface area contributed by atoms with Crippen LogP contribution in [0.15, 0.2) is 35.6 Å². The SMILES string of the molecule is CN=C(NCc1ncnn1C)NC1CC1c1ccccc1F.I. The van der Waals surface area contributed by atoms with Crippen molar-refractivity contribution in [3.8, 4) is 0 Å². The zero-order valence-corrected chi connectivity index (χ0v) is 15.4. The van der Waals surface area contributed by atoms with Gasteiger partial charge in [-0.2, -0.15) is 5.10 Å². The van der Waals surface area contributed by atoms with E-state index in [1.54, 1.807) is 17.8 Å². The molecule has 2 atom stereocenters. The molecule has 1 aromatic heterocycles. The van der Waals surface area contributed by atoms with Crippen LogP contribution in [0, 0.1) is 5.82 Å². The molecule has 3 rings (SSSR count). The van der Waals surface area contributed by atoms with Crippen molar-refractivity contribution < 1.29 is 4.39 Å². The Labute approximate surface area is 151 Å². The smallest absolute Gasteiger partial charge is 0.191 e. The predicted molar refractivity (Wildman–Crippen MR) is 97.3 cm³/mol. The molecule has 2 unspecified atom stereocenters. The maximum atomic E-state index is 13.8. The Morgan fingerprint density at radius 1 is 1.43 bits per heavy atom. The van der Waals surface area contributed by atoms with E-state index in [0.717, 1.165) is 17.8 Å². The second-order valence-corrected chi connectivity index (χ2v) is 5.34. The third-order valence-corrected chi connectivity index (χ3v) is 3.86. The molecule has 0 radical (unpaired) electrons. The lowest BCUT2D eigenvalue weighted by Crippen LogP contribution is -2.39. The molecule has 6 nitrogen and oxygen atoms in total. The predicted octanol–water partition coefficient (Wildman–Crippen LogP) is 1.79. The minimum Gasteiger partial charge on any atom is -0.353 e.